The van der Waals surface area contributed by atoms with Gasteiger partial charge in [-0.2, -0.15) is 0 Å². The van der Waals surface area contributed by atoms with Crippen molar-refractivity contribution in [2.75, 3.05) is 25.0 Å². The number of aliphatic carboxylic acids is 1. The van der Waals surface area contributed by atoms with Crippen LogP contribution in [0.4, 0.5) is 5.95 Å². The minimum absolute atomic E-state index is 0.0265. The second-order valence-electron chi connectivity index (χ2n) is 8.84. The molecule has 1 saturated heterocycles. The van der Waals surface area contributed by atoms with Crippen LogP contribution in [0.3, 0.4) is 0 Å². The Labute approximate surface area is 214 Å². The van der Waals surface area contributed by atoms with Crippen LogP contribution in [0.5, 0.6) is 0 Å². The quantitative estimate of drug-likeness (QED) is 0.404. The molecule has 2 aromatic carbocycles. The number of anilines is 1. The van der Waals surface area contributed by atoms with Crippen molar-refractivity contribution in [3.63, 3.8) is 0 Å². The van der Waals surface area contributed by atoms with Crippen LogP contribution < -0.4 is 10.6 Å². The predicted octanol–water partition coefficient (Wildman–Crippen LogP) is 3.23. The maximum Gasteiger partial charge on any atom is 0.305 e. The molecule has 0 radical (unpaired) electrons. The maximum atomic E-state index is 13.1. The second-order valence-corrected chi connectivity index (χ2v) is 8.84. The average molecular weight is 504 g/mol. The van der Waals surface area contributed by atoms with Crippen molar-refractivity contribution >= 4 is 40.7 Å². The van der Waals surface area contributed by atoms with Crippen LogP contribution in [0.15, 0.2) is 61.2 Å². The van der Waals surface area contributed by atoms with Crippen molar-refractivity contribution in [2.45, 2.75) is 31.7 Å². The number of carboxylic acid groups (broad SMARTS) is 1. The molecule has 1 atom stereocenters. The van der Waals surface area contributed by atoms with Crippen molar-refractivity contribution in [1.82, 2.24) is 19.8 Å². The molecule has 1 aliphatic heterocycles. The van der Waals surface area contributed by atoms with Crippen molar-refractivity contribution in [3.05, 3.63) is 72.3 Å². The normalized spacial score (nSPS) is 15.6. The molecule has 0 saturated carbocycles. The Morgan fingerprint density at radius 2 is 1.84 bits per heavy atom. The minimum atomic E-state index is -1.01. The first-order valence-electron chi connectivity index (χ1n) is 12.2. The first-order chi connectivity index (χ1) is 17.9. The van der Waals surface area contributed by atoms with Crippen molar-refractivity contribution < 1.29 is 24.3 Å². The lowest BCUT2D eigenvalue weighted by Crippen LogP contribution is -2.35. The summed E-state index contributed by atoms with van der Waals surface area (Å²) in [4.78, 5) is 55.9. The van der Waals surface area contributed by atoms with Gasteiger partial charge in [-0.25, -0.2) is 4.98 Å². The molecule has 10 nitrogen and oxygen atoms in total. The van der Waals surface area contributed by atoms with E-state index in [1.807, 2.05) is 10.6 Å². The Morgan fingerprint density at radius 1 is 1.05 bits per heavy atom. The lowest BCUT2D eigenvalue weighted by molar-refractivity contribution is -0.136. The number of hydrogen-bond acceptors (Lipinski definition) is 5. The van der Waals surface area contributed by atoms with E-state index >= 15 is 0 Å². The molecule has 10 heteroatoms. The maximum absolute atomic E-state index is 13.1. The second kappa shape index (κ2) is 11.5. The van der Waals surface area contributed by atoms with E-state index in [2.05, 4.69) is 22.2 Å². The third-order valence-corrected chi connectivity index (χ3v) is 6.34. The summed E-state index contributed by atoms with van der Waals surface area (Å²) in [5, 5.41) is 14.5. The zero-order chi connectivity index (χ0) is 26.4. The molecule has 0 aliphatic carbocycles. The highest BCUT2D eigenvalue weighted by molar-refractivity contribution is 6.08. The zero-order valence-electron chi connectivity index (χ0n) is 20.4. The monoisotopic (exact) mass is 503 g/mol. The molecule has 4 rings (SSSR count). The van der Waals surface area contributed by atoms with Gasteiger partial charge in [0.25, 0.3) is 11.8 Å². The van der Waals surface area contributed by atoms with Gasteiger partial charge >= 0.3 is 5.97 Å². The fourth-order valence-corrected chi connectivity index (χ4v) is 4.58. The number of likely N-dealkylation sites (tertiary alicyclic amines) is 1. The van der Waals surface area contributed by atoms with Gasteiger partial charge in [-0.15, -0.1) is 0 Å². The van der Waals surface area contributed by atoms with E-state index in [9.17, 15) is 19.2 Å². The topological polar surface area (TPSA) is 134 Å². The van der Waals surface area contributed by atoms with E-state index in [0.717, 1.165) is 12.8 Å². The molecular weight excluding hydrogens is 474 g/mol. The molecule has 3 aromatic rings. The molecule has 1 unspecified atom stereocenters. The molecule has 1 aliphatic rings. The number of nitrogens with one attached hydrogen (secondary N) is 2. The van der Waals surface area contributed by atoms with Crippen molar-refractivity contribution in [2.24, 2.45) is 0 Å². The van der Waals surface area contributed by atoms with E-state index in [0.29, 0.717) is 41.7 Å². The Bertz CT molecular complexity index is 1330. The lowest BCUT2D eigenvalue weighted by Gasteiger charge is -2.26. The number of imidazole rings is 1. The standard InChI is InChI=1S/C27H29N5O5/c1-2-22(33)31-16-7-6-11-19(17-31)32-24-20(26(37)28-15-14-23(34)35)12-8-13-21(24)29-27(32)30-25(36)18-9-4-3-5-10-18/h2-5,8-10,12-13,19H,1,6-7,11,14-17H2,(H,28,37)(H,34,35)(H,29,30,36). The highest BCUT2D eigenvalue weighted by Crippen LogP contribution is 2.32. The Hall–Kier alpha value is -4.47. The summed E-state index contributed by atoms with van der Waals surface area (Å²) >= 11 is 0. The Morgan fingerprint density at radius 3 is 2.57 bits per heavy atom. The molecule has 1 fully saturated rings. The number of amides is 3. The molecule has 3 N–H and O–H groups in total. The number of para-hydroxylation sites is 1. The van der Waals surface area contributed by atoms with Gasteiger partial charge in [0.05, 0.1) is 29.1 Å². The third kappa shape index (κ3) is 5.85. The number of carbonyl (C=O) groups excluding carboxylic acids is 3. The zero-order valence-corrected chi connectivity index (χ0v) is 20.4. The number of carboxylic acids is 1. The van der Waals surface area contributed by atoms with E-state index in [1.54, 1.807) is 47.4 Å². The smallest absolute Gasteiger partial charge is 0.305 e. The Kier molecular flexibility index (Phi) is 7.97. The van der Waals surface area contributed by atoms with E-state index in [-0.39, 0.29) is 36.8 Å². The Balaban J connectivity index is 1.79. The van der Waals surface area contributed by atoms with E-state index in [4.69, 9.17) is 5.11 Å². The molecule has 1 aromatic heterocycles. The molecule has 3 amide bonds. The summed E-state index contributed by atoms with van der Waals surface area (Å²) in [5.74, 6) is -1.72. The van der Waals surface area contributed by atoms with Gasteiger partial charge in [0.2, 0.25) is 11.9 Å². The summed E-state index contributed by atoms with van der Waals surface area (Å²) in [6, 6.07) is 13.6. The van der Waals surface area contributed by atoms with Crippen LogP contribution in [0.25, 0.3) is 11.0 Å². The van der Waals surface area contributed by atoms with Crippen molar-refractivity contribution in [3.8, 4) is 0 Å². The number of nitrogens with zero attached hydrogens (tertiary/aromatic N) is 3. The van der Waals surface area contributed by atoms with Crippen LogP contribution >= 0.6 is 0 Å². The number of fused-ring (bicyclic) bond motifs is 1. The van der Waals surface area contributed by atoms with Gasteiger partial charge in [-0.3, -0.25) is 24.5 Å². The van der Waals surface area contributed by atoms with Gasteiger partial charge in [0.15, 0.2) is 0 Å². The molecule has 0 bridgehead atoms. The number of hydrogen-bond donors (Lipinski definition) is 3. The molecule has 0 spiro atoms. The predicted molar refractivity (Wildman–Crippen MR) is 138 cm³/mol. The highest BCUT2D eigenvalue weighted by Gasteiger charge is 2.28. The van der Waals surface area contributed by atoms with Gasteiger partial charge < -0.3 is 19.9 Å². The minimum Gasteiger partial charge on any atom is -0.481 e. The van der Waals surface area contributed by atoms with Crippen LogP contribution in [0.1, 0.15) is 52.4 Å². The molecular formula is C27H29N5O5. The number of aromatic nitrogens is 2. The van der Waals surface area contributed by atoms with E-state index in [1.165, 1.54) is 6.08 Å². The van der Waals surface area contributed by atoms with Crippen LogP contribution in [-0.4, -0.2) is 62.9 Å². The highest BCUT2D eigenvalue weighted by atomic mass is 16.4. The molecule has 192 valence electrons. The summed E-state index contributed by atoms with van der Waals surface area (Å²) in [5.41, 5.74) is 1.77. The summed E-state index contributed by atoms with van der Waals surface area (Å²) in [6.45, 7) is 4.53. The van der Waals surface area contributed by atoms with Gasteiger partial charge in [0.1, 0.15) is 0 Å². The van der Waals surface area contributed by atoms with Crippen LogP contribution in [0, 0.1) is 0 Å². The van der Waals surface area contributed by atoms with Gasteiger partial charge in [0, 0.05) is 25.2 Å². The number of rotatable bonds is 8. The molecule has 37 heavy (non-hydrogen) atoms. The lowest BCUT2D eigenvalue weighted by atomic mass is 10.1. The average Bonchev–Trinajstić information content (AvgIpc) is 3.08. The van der Waals surface area contributed by atoms with Crippen molar-refractivity contribution in [1.29, 1.82) is 0 Å². The summed E-state index contributed by atoms with van der Waals surface area (Å²) in [7, 11) is 0. The number of benzene rings is 2. The summed E-state index contributed by atoms with van der Waals surface area (Å²) in [6.07, 6.45) is 3.44. The van der Waals surface area contributed by atoms with E-state index < -0.39 is 11.9 Å². The molecule has 2 heterocycles. The number of carbonyl (C=O) groups is 4. The fourth-order valence-electron chi connectivity index (χ4n) is 4.58. The van der Waals surface area contributed by atoms with Crippen LogP contribution in [0.2, 0.25) is 0 Å². The SMILES string of the molecule is C=CC(=O)N1CCCCC(n2c(NC(=O)c3ccccc3)nc3cccc(C(=O)NCCC(=O)O)c32)C1. The summed E-state index contributed by atoms with van der Waals surface area (Å²) < 4.78 is 1.83. The fraction of sp³-hybridized carbons (Fsp3) is 0.296. The van der Waals surface area contributed by atoms with Gasteiger partial charge in [-0.05, 0) is 49.6 Å². The largest absolute Gasteiger partial charge is 0.481 e. The first kappa shape index (κ1) is 25.6. The van der Waals surface area contributed by atoms with Crippen LogP contribution in [-0.2, 0) is 9.59 Å². The van der Waals surface area contributed by atoms with Gasteiger partial charge in [-0.1, -0.05) is 30.8 Å². The third-order valence-electron chi connectivity index (χ3n) is 6.34. The first-order valence-corrected chi connectivity index (χ1v) is 12.2.